The van der Waals surface area contributed by atoms with Gasteiger partial charge in [-0.25, -0.2) is 0 Å². The molecule has 0 N–H and O–H groups in total. The van der Waals surface area contributed by atoms with Gasteiger partial charge in [0.1, 0.15) is 6.61 Å². The molecule has 0 fully saturated rings. The largest absolute Gasteiger partial charge is 0.480 e. The number of alkyl halides is 3. The van der Waals surface area contributed by atoms with Gasteiger partial charge in [0.25, 0.3) is 0 Å². The van der Waals surface area contributed by atoms with Gasteiger partial charge in [-0.05, 0) is 17.7 Å². The minimum absolute atomic E-state index is 0.0575. The van der Waals surface area contributed by atoms with E-state index in [0.29, 0.717) is 5.56 Å². The zero-order valence-electron chi connectivity index (χ0n) is 13.1. The summed E-state index contributed by atoms with van der Waals surface area (Å²) in [5.41, 5.74) is -0.464. The van der Waals surface area contributed by atoms with Gasteiger partial charge in [-0.15, -0.1) is 0 Å². The maximum atomic E-state index is 13.4. The molecule has 8 heteroatoms. The number of hydrogen-bond donors (Lipinski definition) is 0. The Morgan fingerprint density at radius 1 is 1.00 bits per heavy atom. The van der Waals surface area contributed by atoms with E-state index in [1.165, 1.54) is 12.3 Å². The first kappa shape index (κ1) is 16.8. The van der Waals surface area contributed by atoms with Crippen LogP contribution in [0.1, 0.15) is 11.1 Å². The fourth-order valence-corrected chi connectivity index (χ4v) is 2.16. The predicted molar refractivity (Wildman–Crippen MR) is 82.1 cm³/mol. The molecule has 130 valence electrons. The van der Waals surface area contributed by atoms with Crippen LogP contribution in [0.2, 0.25) is 0 Å². The van der Waals surface area contributed by atoms with Crippen LogP contribution in [0.5, 0.6) is 11.8 Å². The maximum absolute atomic E-state index is 13.4. The average molecular weight is 350 g/mol. The minimum Gasteiger partial charge on any atom is -0.480 e. The van der Waals surface area contributed by atoms with Gasteiger partial charge in [0.05, 0.1) is 13.4 Å². The highest BCUT2D eigenvalue weighted by molar-refractivity contribution is 5.52. The summed E-state index contributed by atoms with van der Waals surface area (Å²) < 4.78 is 55.6. The van der Waals surface area contributed by atoms with Gasteiger partial charge in [-0.3, -0.25) is 0 Å². The Labute approximate surface area is 141 Å². The Balaban J connectivity index is 2.04. The molecule has 0 saturated heterocycles. The van der Waals surface area contributed by atoms with E-state index in [1.807, 2.05) is 0 Å². The zero-order valence-corrected chi connectivity index (χ0v) is 13.1. The number of benzene rings is 1. The Morgan fingerprint density at radius 2 is 1.72 bits per heavy atom. The Kier molecular flexibility index (Phi) is 4.60. The lowest BCUT2D eigenvalue weighted by molar-refractivity contribution is -0.140. The number of halogens is 3. The molecule has 0 bridgehead atoms. The first-order valence-corrected chi connectivity index (χ1v) is 7.23. The smallest absolute Gasteiger partial charge is 0.426 e. The summed E-state index contributed by atoms with van der Waals surface area (Å²) >= 11 is 0. The molecule has 2 aromatic heterocycles. The molecule has 0 unspecified atom stereocenters. The van der Waals surface area contributed by atoms with Crippen LogP contribution in [0.4, 0.5) is 13.2 Å². The third-order valence-corrected chi connectivity index (χ3v) is 3.28. The summed E-state index contributed by atoms with van der Waals surface area (Å²) in [4.78, 5) is 7.67. The topological polar surface area (TPSA) is 57.4 Å². The lowest BCUT2D eigenvalue weighted by Crippen LogP contribution is -2.14. The van der Waals surface area contributed by atoms with E-state index < -0.39 is 23.5 Å². The number of furan rings is 1. The second kappa shape index (κ2) is 6.84. The Hall–Kier alpha value is -3.03. The molecule has 0 spiro atoms. The van der Waals surface area contributed by atoms with Gasteiger partial charge in [0, 0.05) is 0 Å². The van der Waals surface area contributed by atoms with Crippen LogP contribution in [0.3, 0.4) is 0 Å². The van der Waals surface area contributed by atoms with Crippen LogP contribution < -0.4 is 9.47 Å². The maximum Gasteiger partial charge on any atom is 0.426 e. The number of ether oxygens (including phenoxy) is 2. The van der Waals surface area contributed by atoms with Crippen molar-refractivity contribution in [3.63, 3.8) is 0 Å². The number of rotatable bonds is 5. The van der Waals surface area contributed by atoms with Crippen molar-refractivity contribution in [2.45, 2.75) is 12.8 Å². The van der Waals surface area contributed by atoms with E-state index >= 15 is 0 Å². The fraction of sp³-hybridized carbons (Fsp3) is 0.176. The van der Waals surface area contributed by atoms with Gasteiger partial charge in [-0.2, -0.15) is 23.1 Å². The van der Waals surface area contributed by atoms with E-state index in [9.17, 15) is 13.2 Å². The lowest BCUT2D eigenvalue weighted by atomic mass is 10.2. The highest BCUT2D eigenvalue weighted by Crippen LogP contribution is 2.41. The summed E-state index contributed by atoms with van der Waals surface area (Å²) in [6.07, 6.45) is -3.37. The summed E-state index contributed by atoms with van der Waals surface area (Å²) in [6.45, 7) is -0.0817. The summed E-state index contributed by atoms with van der Waals surface area (Å²) in [6, 6.07) is 11.9. The molecule has 25 heavy (non-hydrogen) atoms. The molecular formula is C17H13F3N2O3. The second-order valence-electron chi connectivity index (χ2n) is 4.99. The van der Waals surface area contributed by atoms with Crippen LogP contribution in [0, 0.1) is 0 Å². The molecule has 1 aromatic carbocycles. The molecule has 0 saturated carbocycles. The zero-order chi connectivity index (χ0) is 17.9. The van der Waals surface area contributed by atoms with Crippen molar-refractivity contribution < 1.29 is 27.1 Å². The molecule has 2 heterocycles. The predicted octanol–water partition coefficient (Wildman–Crippen LogP) is 4.34. The molecule has 3 aromatic rings. The molecule has 5 nitrogen and oxygen atoms in total. The second-order valence-corrected chi connectivity index (χ2v) is 4.99. The fourth-order valence-electron chi connectivity index (χ4n) is 2.16. The number of aromatic nitrogens is 2. The number of nitrogens with zero attached hydrogens (tertiary/aromatic N) is 2. The molecule has 3 rings (SSSR count). The van der Waals surface area contributed by atoms with Crippen molar-refractivity contribution in [2.24, 2.45) is 0 Å². The first-order valence-electron chi connectivity index (χ1n) is 7.23. The third-order valence-electron chi connectivity index (χ3n) is 3.28. The summed E-state index contributed by atoms with van der Waals surface area (Å²) in [7, 11) is 1.10. The van der Waals surface area contributed by atoms with E-state index in [2.05, 4.69) is 9.97 Å². The average Bonchev–Trinajstić information content (AvgIpc) is 3.13. The van der Waals surface area contributed by atoms with Gasteiger partial charge in [0.2, 0.25) is 17.6 Å². The third kappa shape index (κ3) is 3.73. The first-order chi connectivity index (χ1) is 12.0. The van der Waals surface area contributed by atoms with Crippen LogP contribution in [-0.4, -0.2) is 17.1 Å². The molecule has 0 aliphatic heterocycles. The van der Waals surface area contributed by atoms with Crippen molar-refractivity contribution in [1.29, 1.82) is 0 Å². The highest BCUT2D eigenvalue weighted by atomic mass is 19.4. The van der Waals surface area contributed by atoms with Crippen molar-refractivity contribution in [1.82, 2.24) is 9.97 Å². The molecular weight excluding hydrogens is 337 g/mol. The van der Waals surface area contributed by atoms with E-state index in [1.54, 1.807) is 36.4 Å². The van der Waals surface area contributed by atoms with Crippen LogP contribution in [0.25, 0.3) is 11.6 Å². The van der Waals surface area contributed by atoms with Gasteiger partial charge >= 0.3 is 6.18 Å². The Bertz CT molecular complexity index is 834. The van der Waals surface area contributed by atoms with Crippen LogP contribution in [-0.2, 0) is 12.8 Å². The summed E-state index contributed by atoms with van der Waals surface area (Å²) in [5.74, 6) is -1.10. The van der Waals surface area contributed by atoms with E-state index in [4.69, 9.17) is 13.9 Å². The van der Waals surface area contributed by atoms with Gasteiger partial charge < -0.3 is 13.9 Å². The van der Waals surface area contributed by atoms with Crippen molar-refractivity contribution in [3.05, 3.63) is 59.9 Å². The molecule has 0 aliphatic carbocycles. The van der Waals surface area contributed by atoms with Crippen LogP contribution in [0.15, 0.2) is 53.1 Å². The van der Waals surface area contributed by atoms with Crippen molar-refractivity contribution in [3.8, 4) is 23.3 Å². The lowest BCUT2D eigenvalue weighted by Gasteiger charge is -2.16. The Morgan fingerprint density at radius 3 is 2.32 bits per heavy atom. The molecule has 0 amide bonds. The highest BCUT2D eigenvalue weighted by Gasteiger charge is 2.41. The monoisotopic (exact) mass is 350 g/mol. The standard InChI is InChI=1S/C17H13F3N2O3/c1-23-15-13(17(18,19)20)16(25-10-11-6-3-2-4-7-11)22-14(21-15)12-8-5-9-24-12/h2-9H,10H2,1H3. The number of methoxy groups -OCH3 is 1. The SMILES string of the molecule is COc1nc(-c2ccco2)nc(OCc2ccccc2)c1C(F)(F)F. The van der Waals surface area contributed by atoms with E-state index in [0.717, 1.165) is 7.11 Å². The van der Waals surface area contributed by atoms with Crippen molar-refractivity contribution in [2.75, 3.05) is 7.11 Å². The quantitative estimate of drug-likeness (QED) is 0.685. The molecule has 0 aliphatic rings. The van der Waals surface area contributed by atoms with E-state index in [-0.39, 0.29) is 18.2 Å². The van der Waals surface area contributed by atoms with Gasteiger partial charge in [-0.1, -0.05) is 30.3 Å². The minimum atomic E-state index is -4.74. The van der Waals surface area contributed by atoms with Crippen LogP contribution >= 0.6 is 0 Å². The summed E-state index contributed by atoms with van der Waals surface area (Å²) in [5, 5.41) is 0. The normalized spacial score (nSPS) is 11.4. The molecule has 0 atom stereocenters. The number of hydrogen-bond acceptors (Lipinski definition) is 5. The van der Waals surface area contributed by atoms with Crippen molar-refractivity contribution >= 4 is 0 Å². The molecule has 0 radical (unpaired) electrons. The van der Waals surface area contributed by atoms with Gasteiger partial charge in [0.15, 0.2) is 11.3 Å².